The van der Waals surface area contributed by atoms with Crippen molar-refractivity contribution in [3.8, 4) is 28.7 Å². The Morgan fingerprint density at radius 3 is 2.33 bits per heavy atom. The maximum atomic E-state index is 13.4. The number of hydrogen-bond donors (Lipinski definition) is 0. The molecule has 0 amide bonds. The predicted molar refractivity (Wildman–Crippen MR) is 133 cm³/mol. The Hall–Kier alpha value is -3.45. The fourth-order valence-corrected chi connectivity index (χ4v) is 5.11. The normalized spacial score (nSPS) is 12.4. The van der Waals surface area contributed by atoms with Crippen LogP contribution in [0.4, 0.5) is 4.39 Å². The van der Waals surface area contributed by atoms with Gasteiger partial charge in [-0.2, -0.15) is 0 Å². The van der Waals surface area contributed by atoms with E-state index < -0.39 is 26.7 Å². The predicted octanol–water partition coefficient (Wildman–Crippen LogP) is 3.58. The summed E-state index contributed by atoms with van der Waals surface area (Å²) in [7, 11) is -0.775. The maximum absolute atomic E-state index is 13.4. The third kappa shape index (κ3) is 5.36. The number of sulfone groups is 1. The molecule has 0 spiro atoms. The Labute approximate surface area is 215 Å². The van der Waals surface area contributed by atoms with Gasteiger partial charge in [-0.25, -0.2) is 22.8 Å². The summed E-state index contributed by atoms with van der Waals surface area (Å²) >= 11 is 3.43. The van der Waals surface area contributed by atoms with Gasteiger partial charge in [-0.3, -0.25) is 9.55 Å². The average Bonchev–Trinajstić information content (AvgIpc) is 3.27. The van der Waals surface area contributed by atoms with Crippen molar-refractivity contribution < 1.29 is 22.3 Å². The Balaban J connectivity index is 1.81. The molecular weight excluding hydrogens is 555 g/mol. The number of pyridine rings is 1. The minimum absolute atomic E-state index is 0.00870. The SMILES string of the molecule is COc1cccc(OC)c1-n1c(CS(=O)(=O)[C@H](C)Cc2ncc(F)cn2)nnc1-c1cc(Br)ccn1. The van der Waals surface area contributed by atoms with Gasteiger partial charge < -0.3 is 9.47 Å². The van der Waals surface area contributed by atoms with E-state index >= 15 is 0 Å². The van der Waals surface area contributed by atoms with E-state index in [9.17, 15) is 12.8 Å². The second kappa shape index (κ2) is 10.7. The number of nitrogens with zero attached hydrogens (tertiary/aromatic N) is 6. The average molecular weight is 577 g/mol. The van der Waals surface area contributed by atoms with Crippen molar-refractivity contribution in [2.75, 3.05) is 14.2 Å². The highest BCUT2D eigenvalue weighted by Crippen LogP contribution is 2.36. The Morgan fingerprint density at radius 2 is 1.72 bits per heavy atom. The molecule has 3 aromatic heterocycles. The first-order valence-electron chi connectivity index (χ1n) is 10.7. The van der Waals surface area contributed by atoms with Crippen LogP contribution in [0, 0.1) is 5.82 Å². The molecule has 3 heterocycles. The Morgan fingerprint density at radius 1 is 1.06 bits per heavy atom. The van der Waals surface area contributed by atoms with Gasteiger partial charge in [-0.1, -0.05) is 22.0 Å². The quantitative estimate of drug-likeness (QED) is 0.294. The third-order valence-electron chi connectivity index (χ3n) is 5.39. The zero-order valence-corrected chi connectivity index (χ0v) is 22.0. The molecule has 1 atom stereocenters. The molecule has 36 heavy (non-hydrogen) atoms. The van der Waals surface area contributed by atoms with Crippen molar-refractivity contribution in [2.45, 2.75) is 24.3 Å². The molecule has 0 bridgehead atoms. The monoisotopic (exact) mass is 576 g/mol. The highest BCUT2D eigenvalue weighted by atomic mass is 79.9. The third-order valence-corrected chi connectivity index (χ3v) is 7.94. The van der Waals surface area contributed by atoms with Gasteiger partial charge in [0.1, 0.15) is 34.5 Å². The van der Waals surface area contributed by atoms with Crippen LogP contribution in [-0.2, 0) is 22.0 Å². The minimum Gasteiger partial charge on any atom is -0.494 e. The first-order valence-corrected chi connectivity index (χ1v) is 13.2. The Kier molecular flexibility index (Phi) is 7.59. The van der Waals surface area contributed by atoms with Crippen LogP contribution >= 0.6 is 15.9 Å². The van der Waals surface area contributed by atoms with Crippen molar-refractivity contribution in [2.24, 2.45) is 0 Å². The highest BCUT2D eigenvalue weighted by Gasteiger charge is 2.29. The molecule has 0 aliphatic heterocycles. The van der Waals surface area contributed by atoms with E-state index in [1.54, 1.807) is 48.0 Å². The number of aromatic nitrogens is 6. The number of rotatable bonds is 9. The first-order chi connectivity index (χ1) is 17.2. The molecule has 0 fully saturated rings. The Bertz CT molecular complexity index is 1460. The van der Waals surface area contributed by atoms with Crippen LogP contribution in [0.1, 0.15) is 18.6 Å². The van der Waals surface area contributed by atoms with Crippen molar-refractivity contribution in [3.63, 3.8) is 0 Å². The standard InChI is InChI=1S/C23H22BrFN6O4S/c1-14(9-20-27-11-16(25)12-28-20)36(32,33)13-21-29-30-23(17-10-15(24)7-8-26-17)31(21)22-18(34-2)5-4-6-19(22)35-3/h4-8,10-12,14H,9,13H2,1-3H3/t14-/m1/s1. The van der Waals surface area contributed by atoms with E-state index in [-0.39, 0.29) is 18.1 Å². The molecule has 0 saturated heterocycles. The minimum atomic E-state index is -3.78. The second-order valence-electron chi connectivity index (χ2n) is 7.79. The van der Waals surface area contributed by atoms with Gasteiger partial charge in [0, 0.05) is 17.1 Å². The molecule has 0 aliphatic rings. The van der Waals surface area contributed by atoms with Gasteiger partial charge in [0.05, 0.1) is 31.9 Å². The molecule has 188 valence electrons. The smallest absolute Gasteiger partial charge is 0.187 e. The fraction of sp³-hybridized carbons (Fsp3) is 0.261. The second-order valence-corrected chi connectivity index (χ2v) is 11.1. The number of para-hydroxylation sites is 1. The lowest BCUT2D eigenvalue weighted by Crippen LogP contribution is -2.24. The molecule has 4 aromatic rings. The molecule has 1 aromatic carbocycles. The lowest BCUT2D eigenvalue weighted by Gasteiger charge is -2.18. The zero-order chi connectivity index (χ0) is 25.9. The van der Waals surface area contributed by atoms with Gasteiger partial charge in [-0.05, 0) is 31.2 Å². The van der Waals surface area contributed by atoms with Crippen LogP contribution in [-0.4, -0.2) is 57.6 Å². The molecule has 0 N–H and O–H groups in total. The molecular formula is C23H22BrFN6O4S. The molecule has 13 heteroatoms. The number of hydrogen-bond acceptors (Lipinski definition) is 9. The van der Waals surface area contributed by atoms with E-state index in [1.165, 1.54) is 14.2 Å². The van der Waals surface area contributed by atoms with Crippen LogP contribution in [0.5, 0.6) is 11.5 Å². The summed E-state index contributed by atoms with van der Waals surface area (Å²) in [6.07, 6.45) is 3.61. The summed E-state index contributed by atoms with van der Waals surface area (Å²) < 4.78 is 53.4. The molecule has 4 rings (SSSR count). The van der Waals surface area contributed by atoms with E-state index in [4.69, 9.17) is 9.47 Å². The van der Waals surface area contributed by atoms with E-state index in [0.29, 0.717) is 28.7 Å². The summed E-state index contributed by atoms with van der Waals surface area (Å²) in [6.45, 7) is 1.54. The molecule has 0 saturated carbocycles. The number of halogens is 2. The molecule has 0 radical (unpaired) electrons. The molecule has 0 unspecified atom stereocenters. The largest absolute Gasteiger partial charge is 0.494 e. The summed E-state index contributed by atoms with van der Waals surface area (Å²) in [5.74, 6) is 0.479. The van der Waals surface area contributed by atoms with Crippen LogP contribution in [0.15, 0.2) is 53.4 Å². The van der Waals surface area contributed by atoms with Crippen LogP contribution in [0.25, 0.3) is 17.2 Å². The summed E-state index contributed by atoms with van der Waals surface area (Å²) in [5.41, 5.74) is 0.894. The lowest BCUT2D eigenvalue weighted by molar-refractivity contribution is 0.390. The molecule has 10 nitrogen and oxygen atoms in total. The van der Waals surface area contributed by atoms with Crippen molar-refractivity contribution in [1.29, 1.82) is 0 Å². The zero-order valence-electron chi connectivity index (χ0n) is 19.6. The van der Waals surface area contributed by atoms with Gasteiger partial charge in [0.2, 0.25) is 0 Å². The van der Waals surface area contributed by atoms with Gasteiger partial charge in [0.25, 0.3) is 0 Å². The lowest BCUT2D eigenvalue weighted by atomic mass is 10.2. The van der Waals surface area contributed by atoms with Crippen LogP contribution < -0.4 is 9.47 Å². The van der Waals surface area contributed by atoms with Gasteiger partial charge in [-0.15, -0.1) is 10.2 Å². The summed E-state index contributed by atoms with van der Waals surface area (Å²) in [4.78, 5) is 12.1. The first kappa shape index (κ1) is 25.6. The van der Waals surface area contributed by atoms with Crippen molar-refractivity contribution >= 4 is 25.8 Å². The maximum Gasteiger partial charge on any atom is 0.187 e. The topological polar surface area (TPSA) is 122 Å². The number of methoxy groups -OCH3 is 2. The van der Waals surface area contributed by atoms with Crippen LogP contribution in [0.2, 0.25) is 0 Å². The van der Waals surface area contributed by atoms with Gasteiger partial charge >= 0.3 is 0 Å². The number of ether oxygens (including phenoxy) is 2. The molecule has 0 aliphatic carbocycles. The van der Waals surface area contributed by atoms with Crippen LogP contribution in [0.3, 0.4) is 0 Å². The highest BCUT2D eigenvalue weighted by molar-refractivity contribution is 9.10. The fourth-order valence-electron chi connectivity index (χ4n) is 3.54. The van der Waals surface area contributed by atoms with E-state index in [2.05, 4.69) is 41.1 Å². The van der Waals surface area contributed by atoms with E-state index in [1.807, 2.05) is 0 Å². The summed E-state index contributed by atoms with van der Waals surface area (Å²) in [5, 5.41) is 7.63. The van der Waals surface area contributed by atoms with E-state index in [0.717, 1.165) is 16.9 Å². The van der Waals surface area contributed by atoms with Crippen molar-refractivity contribution in [1.82, 2.24) is 29.7 Å². The summed E-state index contributed by atoms with van der Waals surface area (Å²) in [6, 6.07) is 8.71. The number of benzene rings is 1. The van der Waals surface area contributed by atoms with Crippen molar-refractivity contribution in [3.05, 3.63) is 70.9 Å². The van der Waals surface area contributed by atoms with Gasteiger partial charge in [0.15, 0.2) is 27.3 Å².